The lowest BCUT2D eigenvalue weighted by atomic mass is 10.1. The minimum absolute atomic E-state index is 0.0537. The number of nitrogens with one attached hydrogen (secondary N) is 1. The molecule has 0 unspecified atom stereocenters. The molecule has 5 nitrogen and oxygen atoms in total. The van der Waals surface area contributed by atoms with Crippen molar-refractivity contribution < 1.29 is 18.0 Å². The minimum Gasteiger partial charge on any atom is -0.300 e. The Balaban J connectivity index is 1.65. The van der Waals surface area contributed by atoms with Gasteiger partial charge in [-0.05, 0) is 18.6 Å². The number of hydrogen-bond donors (Lipinski definition) is 1. The number of alkyl halides is 3. The fourth-order valence-corrected chi connectivity index (χ4v) is 3.62. The van der Waals surface area contributed by atoms with Crippen molar-refractivity contribution in [1.29, 1.82) is 0 Å². The molecule has 10 heteroatoms. The van der Waals surface area contributed by atoms with E-state index in [1.807, 2.05) is 6.92 Å². The molecule has 1 amide bonds. The third-order valence-electron chi connectivity index (χ3n) is 3.37. The predicted octanol–water partition coefficient (Wildman–Crippen LogP) is 4.42. The number of thiazole rings is 1. The highest BCUT2D eigenvalue weighted by molar-refractivity contribution is 7.15. The van der Waals surface area contributed by atoms with Crippen LogP contribution >= 0.6 is 22.7 Å². The second-order valence-corrected chi connectivity index (χ2v) is 7.22. The van der Waals surface area contributed by atoms with Crippen LogP contribution in [0, 0.1) is 0 Å². The molecule has 0 aliphatic heterocycles. The largest absolute Gasteiger partial charge is 0.416 e. The van der Waals surface area contributed by atoms with E-state index in [1.165, 1.54) is 34.8 Å². The van der Waals surface area contributed by atoms with Gasteiger partial charge in [0.15, 0.2) is 0 Å². The van der Waals surface area contributed by atoms with Crippen LogP contribution in [-0.2, 0) is 23.8 Å². The monoisotopic (exact) mass is 398 g/mol. The van der Waals surface area contributed by atoms with Gasteiger partial charge in [-0.15, -0.1) is 21.5 Å². The summed E-state index contributed by atoms with van der Waals surface area (Å²) in [6, 6.07) is 4.78. The summed E-state index contributed by atoms with van der Waals surface area (Å²) in [5, 5.41) is 14.0. The Labute approximate surface area is 154 Å². The summed E-state index contributed by atoms with van der Waals surface area (Å²) in [4.78, 5) is 16.4. The predicted molar refractivity (Wildman–Crippen MR) is 94.2 cm³/mol. The highest BCUT2D eigenvalue weighted by atomic mass is 32.1. The number of carbonyl (C=O) groups is 1. The molecule has 0 atom stereocenters. The Morgan fingerprint density at radius 1 is 1.19 bits per heavy atom. The molecular formula is C16H13F3N4OS2. The Kier molecular flexibility index (Phi) is 5.33. The van der Waals surface area contributed by atoms with Gasteiger partial charge in [0.25, 0.3) is 0 Å². The number of hydrogen-bond acceptors (Lipinski definition) is 6. The first kappa shape index (κ1) is 18.5. The van der Waals surface area contributed by atoms with Gasteiger partial charge in [0.05, 0.1) is 17.7 Å². The Morgan fingerprint density at radius 2 is 1.92 bits per heavy atom. The molecule has 26 heavy (non-hydrogen) atoms. The van der Waals surface area contributed by atoms with Crippen molar-refractivity contribution in [3.05, 3.63) is 45.9 Å². The molecule has 0 aliphatic rings. The summed E-state index contributed by atoms with van der Waals surface area (Å²) >= 11 is 2.59. The molecule has 0 aliphatic carbocycles. The Hall–Kier alpha value is -2.33. The molecule has 1 aromatic carbocycles. The van der Waals surface area contributed by atoms with Crippen molar-refractivity contribution in [3.8, 4) is 10.6 Å². The average molecular weight is 398 g/mol. The maximum atomic E-state index is 12.6. The summed E-state index contributed by atoms with van der Waals surface area (Å²) in [7, 11) is 0. The van der Waals surface area contributed by atoms with E-state index in [0.717, 1.165) is 23.6 Å². The Morgan fingerprint density at radius 3 is 2.54 bits per heavy atom. The third-order valence-corrected chi connectivity index (χ3v) is 5.29. The van der Waals surface area contributed by atoms with Crippen LogP contribution in [0.5, 0.6) is 0 Å². The van der Waals surface area contributed by atoms with Crippen LogP contribution in [0.25, 0.3) is 10.6 Å². The van der Waals surface area contributed by atoms with Crippen LogP contribution < -0.4 is 5.32 Å². The van der Waals surface area contributed by atoms with Crippen LogP contribution in [0.1, 0.15) is 23.2 Å². The highest BCUT2D eigenvalue weighted by Crippen LogP contribution is 2.31. The van der Waals surface area contributed by atoms with Crippen LogP contribution in [0.15, 0.2) is 29.6 Å². The van der Waals surface area contributed by atoms with Gasteiger partial charge in [0, 0.05) is 10.9 Å². The van der Waals surface area contributed by atoms with Crippen molar-refractivity contribution in [2.24, 2.45) is 0 Å². The highest BCUT2D eigenvalue weighted by Gasteiger charge is 2.30. The standard InChI is InChI=1S/C16H13F3N4OS2/c1-2-13-22-23-15(26-13)21-12(24)7-11-8-25-14(20-11)9-3-5-10(6-4-9)16(17,18)19/h3-6,8H,2,7H2,1H3,(H,21,23,24). The van der Waals surface area contributed by atoms with Crippen molar-refractivity contribution in [1.82, 2.24) is 15.2 Å². The first-order chi connectivity index (χ1) is 12.3. The molecule has 0 radical (unpaired) electrons. The molecule has 2 aromatic heterocycles. The fraction of sp³-hybridized carbons (Fsp3) is 0.250. The minimum atomic E-state index is -4.37. The van der Waals surface area contributed by atoms with E-state index in [1.54, 1.807) is 5.38 Å². The number of carbonyl (C=O) groups excluding carboxylic acids is 1. The Bertz CT molecular complexity index is 903. The zero-order valence-electron chi connectivity index (χ0n) is 13.5. The van der Waals surface area contributed by atoms with Crippen LogP contribution in [0.2, 0.25) is 0 Å². The lowest BCUT2D eigenvalue weighted by Gasteiger charge is -2.06. The van der Waals surface area contributed by atoms with E-state index in [-0.39, 0.29) is 12.3 Å². The molecular weight excluding hydrogens is 385 g/mol. The van der Waals surface area contributed by atoms with E-state index < -0.39 is 11.7 Å². The van der Waals surface area contributed by atoms with Crippen LogP contribution in [0.3, 0.4) is 0 Å². The number of aryl methyl sites for hydroxylation is 1. The maximum absolute atomic E-state index is 12.6. The first-order valence-electron chi connectivity index (χ1n) is 7.59. The second-order valence-electron chi connectivity index (χ2n) is 5.30. The number of aromatic nitrogens is 3. The van der Waals surface area contributed by atoms with Crippen molar-refractivity contribution in [2.75, 3.05) is 5.32 Å². The van der Waals surface area contributed by atoms with Gasteiger partial charge < -0.3 is 5.32 Å². The molecule has 1 N–H and O–H groups in total. The lowest BCUT2D eigenvalue weighted by Crippen LogP contribution is -2.14. The van der Waals surface area contributed by atoms with Gasteiger partial charge in [-0.2, -0.15) is 13.2 Å². The van der Waals surface area contributed by atoms with E-state index in [9.17, 15) is 18.0 Å². The van der Waals surface area contributed by atoms with Gasteiger partial charge in [-0.1, -0.05) is 30.4 Å². The number of halogens is 3. The number of rotatable bonds is 5. The molecule has 0 saturated heterocycles. The van der Waals surface area contributed by atoms with Gasteiger partial charge in [-0.25, -0.2) is 4.98 Å². The van der Waals surface area contributed by atoms with E-state index in [4.69, 9.17) is 0 Å². The molecule has 136 valence electrons. The topological polar surface area (TPSA) is 67.8 Å². The molecule has 3 aromatic rings. The normalized spacial score (nSPS) is 11.5. The number of nitrogens with zero attached hydrogens (tertiary/aromatic N) is 3. The zero-order chi connectivity index (χ0) is 18.7. The van der Waals surface area contributed by atoms with E-state index >= 15 is 0 Å². The number of anilines is 1. The summed E-state index contributed by atoms with van der Waals surface area (Å²) in [5.74, 6) is -0.270. The van der Waals surface area contributed by atoms with Gasteiger partial charge in [0.2, 0.25) is 11.0 Å². The molecule has 0 saturated carbocycles. The molecule has 2 heterocycles. The van der Waals surface area contributed by atoms with Crippen LogP contribution in [-0.4, -0.2) is 21.1 Å². The van der Waals surface area contributed by atoms with Crippen molar-refractivity contribution in [2.45, 2.75) is 25.9 Å². The van der Waals surface area contributed by atoms with E-state index in [0.29, 0.717) is 21.4 Å². The number of benzene rings is 1. The smallest absolute Gasteiger partial charge is 0.300 e. The van der Waals surface area contributed by atoms with E-state index in [2.05, 4.69) is 20.5 Å². The van der Waals surface area contributed by atoms with Crippen molar-refractivity contribution >= 4 is 33.7 Å². The van der Waals surface area contributed by atoms with Gasteiger partial charge in [-0.3, -0.25) is 4.79 Å². The van der Waals surface area contributed by atoms with Gasteiger partial charge in [0.1, 0.15) is 10.0 Å². The third kappa shape index (κ3) is 4.44. The molecule has 3 rings (SSSR count). The second kappa shape index (κ2) is 7.50. The lowest BCUT2D eigenvalue weighted by molar-refractivity contribution is -0.137. The molecule has 0 spiro atoms. The van der Waals surface area contributed by atoms with Crippen molar-refractivity contribution in [3.63, 3.8) is 0 Å². The summed E-state index contributed by atoms with van der Waals surface area (Å²) < 4.78 is 37.8. The molecule has 0 bridgehead atoms. The SMILES string of the molecule is CCc1nnc(NC(=O)Cc2csc(-c3ccc(C(F)(F)F)cc3)n2)s1. The zero-order valence-corrected chi connectivity index (χ0v) is 15.1. The van der Waals surface area contributed by atoms with Gasteiger partial charge >= 0.3 is 6.18 Å². The average Bonchev–Trinajstić information content (AvgIpc) is 3.23. The summed E-state index contributed by atoms with van der Waals surface area (Å²) in [6.45, 7) is 1.95. The fourth-order valence-electron chi connectivity index (χ4n) is 2.10. The number of amides is 1. The maximum Gasteiger partial charge on any atom is 0.416 e. The molecule has 0 fully saturated rings. The first-order valence-corrected chi connectivity index (χ1v) is 9.29. The van der Waals surface area contributed by atoms with Crippen LogP contribution in [0.4, 0.5) is 18.3 Å². The summed E-state index contributed by atoms with van der Waals surface area (Å²) in [6.07, 6.45) is -3.57. The quantitative estimate of drug-likeness (QED) is 0.691. The summed E-state index contributed by atoms with van der Waals surface area (Å²) in [5.41, 5.74) is 0.412.